The van der Waals surface area contributed by atoms with Gasteiger partial charge in [-0.2, -0.15) is 0 Å². The predicted molar refractivity (Wildman–Crippen MR) is 240 cm³/mol. The molecule has 0 fully saturated rings. The Morgan fingerprint density at radius 3 is 1.37 bits per heavy atom. The number of ether oxygens (including phenoxy) is 4. The molecule has 8 aromatic carbocycles. The molecule has 0 atom stereocenters. The quantitative estimate of drug-likeness (QED) is 0.174. The molecule has 2 aliphatic heterocycles. The molecule has 60 heavy (non-hydrogen) atoms. The highest BCUT2D eigenvalue weighted by Crippen LogP contribution is 2.62. The Hall–Kier alpha value is -7.50. The average molecular weight is 780 g/mol. The smallest absolute Gasteiger partial charge is 0.194 e. The molecule has 5 nitrogen and oxygen atoms in total. The van der Waals surface area contributed by atoms with Crippen molar-refractivity contribution in [3.05, 3.63) is 219 Å². The first-order valence-corrected chi connectivity index (χ1v) is 20.4. The molecule has 8 aromatic rings. The number of benzene rings is 8. The summed E-state index contributed by atoms with van der Waals surface area (Å²) in [5.41, 5.74) is 12.9. The zero-order chi connectivity index (χ0) is 40.5. The first-order valence-electron chi connectivity index (χ1n) is 20.4. The van der Waals surface area contributed by atoms with Gasteiger partial charge in [-0.1, -0.05) is 115 Å². The first-order chi connectivity index (χ1) is 29.4. The largest absolute Gasteiger partial charge is 0.449 e. The number of aryl methyl sites for hydroxylation is 4. The Morgan fingerprint density at radius 1 is 0.367 bits per heavy atom. The van der Waals surface area contributed by atoms with E-state index in [0.29, 0.717) is 46.0 Å². The molecular formula is C55H41NO4. The van der Waals surface area contributed by atoms with Gasteiger partial charge in [-0.25, -0.2) is 0 Å². The topological polar surface area (TPSA) is 40.2 Å². The molecule has 0 unspecified atom stereocenters. The number of fused-ring (bicyclic) bond motifs is 8. The van der Waals surface area contributed by atoms with E-state index in [2.05, 4.69) is 160 Å². The maximum atomic E-state index is 7.14. The van der Waals surface area contributed by atoms with Crippen LogP contribution in [0.4, 0.5) is 17.1 Å². The van der Waals surface area contributed by atoms with Gasteiger partial charge in [-0.3, -0.25) is 0 Å². The van der Waals surface area contributed by atoms with E-state index < -0.39 is 5.41 Å². The summed E-state index contributed by atoms with van der Waals surface area (Å²) < 4.78 is 27.6. The van der Waals surface area contributed by atoms with Gasteiger partial charge < -0.3 is 23.8 Å². The van der Waals surface area contributed by atoms with E-state index in [4.69, 9.17) is 18.9 Å². The van der Waals surface area contributed by atoms with Crippen LogP contribution in [0.3, 0.4) is 0 Å². The lowest BCUT2D eigenvalue weighted by atomic mass is 9.63. The fraction of sp³-hybridized carbons (Fsp3) is 0.0909. The lowest BCUT2D eigenvalue weighted by Crippen LogP contribution is -2.33. The number of hydrogen-bond donors (Lipinski definition) is 0. The number of para-hydroxylation sites is 4. The highest BCUT2D eigenvalue weighted by molar-refractivity contribution is 5.93. The minimum atomic E-state index is -0.895. The van der Waals surface area contributed by atoms with Gasteiger partial charge in [0.15, 0.2) is 46.0 Å². The average Bonchev–Trinajstić information content (AvgIpc) is 3.43. The van der Waals surface area contributed by atoms with Crippen molar-refractivity contribution in [1.82, 2.24) is 0 Å². The Balaban J connectivity index is 1.29. The van der Waals surface area contributed by atoms with E-state index in [1.54, 1.807) is 0 Å². The molecule has 0 saturated carbocycles. The van der Waals surface area contributed by atoms with Gasteiger partial charge in [0.2, 0.25) is 0 Å². The second kappa shape index (κ2) is 13.8. The second-order valence-electron chi connectivity index (χ2n) is 15.9. The monoisotopic (exact) mass is 779 g/mol. The lowest BCUT2D eigenvalue weighted by Gasteiger charge is -2.40. The summed E-state index contributed by atoms with van der Waals surface area (Å²) >= 11 is 0. The molecule has 2 heterocycles. The van der Waals surface area contributed by atoms with Crippen LogP contribution in [0.25, 0.3) is 12.2 Å². The van der Waals surface area contributed by atoms with Crippen LogP contribution < -0.4 is 23.8 Å². The van der Waals surface area contributed by atoms with Gasteiger partial charge >= 0.3 is 0 Å². The van der Waals surface area contributed by atoms with Crippen LogP contribution in [0, 0.1) is 27.7 Å². The fourth-order valence-electron chi connectivity index (χ4n) is 9.06. The highest BCUT2D eigenvalue weighted by Gasteiger charge is 2.46. The van der Waals surface area contributed by atoms with E-state index in [1.165, 1.54) is 22.3 Å². The van der Waals surface area contributed by atoms with Crippen molar-refractivity contribution < 1.29 is 18.9 Å². The van der Waals surface area contributed by atoms with Gasteiger partial charge in [0.05, 0.1) is 11.1 Å². The van der Waals surface area contributed by atoms with E-state index in [0.717, 1.165) is 50.4 Å². The van der Waals surface area contributed by atoms with E-state index in [9.17, 15) is 0 Å². The Kier molecular flexibility index (Phi) is 8.21. The van der Waals surface area contributed by atoms with Crippen LogP contribution in [-0.4, -0.2) is 0 Å². The van der Waals surface area contributed by atoms with Gasteiger partial charge in [-0.05, 0) is 133 Å². The second-order valence-corrected chi connectivity index (χ2v) is 15.9. The van der Waals surface area contributed by atoms with Crippen LogP contribution in [0.2, 0.25) is 0 Å². The molecule has 0 saturated heterocycles. The third-order valence-electron chi connectivity index (χ3n) is 12.3. The highest BCUT2D eigenvalue weighted by atomic mass is 16.6. The van der Waals surface area contributed by atoms with Crippen molar-refractivity contribution in [1.29, 1.82) is 0 Å². The fourth-order valence-corrected chi connectivity index (χ4v) is 9.06. The SMILES string of the molecule is Cc1ccc(N(c2ccc(C)c(C)c2)c2cc3c(c4c2Oc2ccccc2O4)C=Cc2c(ccc4c2Oc2ccccc2O4)C3(c2ccccc2)c2ccccc2)cc1C. The summed E-state index contributed by atoms with van der Waals surface area (Å²) in [6.07, 6.45) is 4.33. The van der Waals surface area contributed by atoms with Crippen molar-refractivity contribution in [3.63, 3.8) is 0 Å². The zero-order valence-electron chi connectivity index (χ0n) is 33.8. The zero-order valence-corrected chi connectivity index (χ0v) is 33.8. The minimum Gasteiger partial charge on any atom is -0.449 e. The Bertz CT molecular complexity index is 2950. The molecule has 290 valence electrons. The molecule has 0 amide bonds. The lowest BCUT2D eigenvalue weighted by molar-refractivity contribution is 0.357. The molecule has 11 rings (SSSR count). The van der Waals surface area contributed by atoms with Crippen molar-refractivity contribution >= 4 is 29.2 Å². The molecule has 0 spiro atoms. The van der Waals surface area contributed by atoms with E-state index in [1.807, 2.05) is 48.5 Å². The van der Waals surface area contributed by atoms with E-state index in [-0.39, 0.29) is 0 Å². The van der Waals surface area contributed by atoms with Gasteiger partial charge in [0, 0.05) is 22.5 Å². The summed E-state index contributed by atoms with van der Waals surface area (Å²) in [6, 6.07) is 57.2. The Labute approximate surface area is 350 Å². The van der Waals surface area contributed by atoms with Crippen LogP contribution in [0.15, 0.2) is 164 Å². The molecular weight excluding hydrogens is 739 g/mol. The predicted octanol–water partition coefficient (Wildman–Crippen LogP) is 15.1. The van der Waals surface area contributed by atoms with Crippen molar-refractivity contribution in [2.24, 2.45) is 0 Å². The molecule has 0 N–H and O–H groups in total. The number of rotatable bonds is 5. The van der Waals surface area contributed by atoms with Crippen LogP contribution in [0.1, 0.15) is 55.6 Å². The normalized spacial score (nSPS) is 13.6. The molecule has 0 radical (unpaired) electrons. The minimum absolute atomic E-state index is 0.630. The van der Waals surface area contributed by atoms with Crippen molar-refractivity contribution in [2.75, 3.05) is 4.90 Å². The van der Waals surface area contributed by atoms with Crippen LogP contribution in [-0.2, 0) is 5.41 Å². The van der Waals surface area contributed by atoms with Gasteiger partial charge in [0.25, 0.3) is 0 Å². The number of anilines is 3. The number of nitrogens with zero attached hydrogens (tertiary/aromatic N) is 1. The van der Waals surface area contributed by atoms with E-state index >= 15 is 0 Å². The van der Waals surface area contributed by atoms with Crippen molar-refractivity contribution in [3.8, 4) is 46.0 Å². The molecule has 3 aliphatic rings. The van der Waals surface area contributed by atoms with Gasteiger partial charge in [0.1, 0.15) is 0 Å². The maximum Gasteiger partial charge on any atom is 0.194 e. The summed E-state index contributed by atoms with van der Waals surface area (Å²) in [5.74, 6) is 5.25. The summed E-state index contributed by atoms with van der Waals surface area (Å²) in [7, 11) is 0. The van der Waals surface area contributed by atoms with Crippen molar-refractivity contribution in [2.45, 2.75) is 33.1 Å². The molecule has 0 aromatic heterocycles. The van der Waals surface area contributed by atoms with Gasteiger partial charge in [-0.15, -0.1) is 0 Å². The summed E-state index contributed by atoms with van der Waals surface area (Å²) in [6.45, 7) is 8.65. The maximum absolute atomic E-state index is 7.14. The Morgan fingerprint density at radius 2 is 0.833 bits per heavy atom. The third-order valence-corrected chi connectivity index (χ3v) is 12.3. The molecule has 0 bridgehead atoms. The number of hydrogen-bond acceptors (Lipinski definition) is 5. The summed E-state index contributed by atoms with van der Waals surface area (Å²) in [5, 5.41) is 0. The third kappa shape index (κ3) is 5.46. The summed E-state index contributed by atoms with van der Waals surface area (Å²) in [4.78, 5) is 2.33. The van der Waals surface area contributed by atoms with Crippen LogP contribution >= 0.6 is 0 Å². The first kappa shape index (κ1) is 35.6. The molecule has 5 heteroatoms. The van der Waals surface area contributed by atoms with Crippen LogP contribution in [0.5, 0.6) is 46.0 Å². The molecule has 1 aliphatic carbocycles. The standard InChI is InChI=1S/C55H41NO4/c1-34-23-25-40(31-36(34)3)56(41-26-24-35(2)37(4)32-41)46-33-45-43(53-54(46)60-50-22-14-13-21-49(50)59-53)28-27-42-44(29-30-51-52(42)58-48-20-12-11-19-47(48)57-51)55(45,38-15-7-5-8-16-38)39-17-9-6-10-18-39/h5-33H,1-4H3.